The van der Waals surface area contributed by atoms with Crippen LogP contribution < -0.4 is 19.3 Å². The highest BCUT2D eigenvalue weighted by molar-refractivity contribution is 6.05. The van der Waals surface area contributed by atoms with E-state index in [4.69, 9.17) is 19.2 Å². The number of nitrogens with zero attached hydrogens (tertiary/aromatic N) is 1. The molecule has 0 aliphatic heterocycles. The maximum atomic E-state index is 12.0. The summed E-state index contributed by atoms with van der Waals surface area (Å²) in [5.74, 6) is 0.620. The summed E-state index contributed by atoms with van der Waals surface area (Å²) in [5.41, 5.74) is 4.07. The van der Waals surface area contributed by atoms with Crippen molar-refractivity contribution < 1.29 is 24.1 Å². The molecule has 0 unspecified atom stereocenters. The number of ether oxygens (including phenoxy) is 3. The molecule has 1 aliphatic rings. The van der Waals surface area contributed by atoms with Crippen molar-refractivity contribution in [3.05, 3.63) is 58.8 Å². The van der Waals surface area contributed by atoms with Gasteiger partial charge in [-0.25, -0.2) is 4.98 Å². The topological polar surface area (TPSA) is 80.7 Å². The fourth-order valence-electron chi connectivity index (χ4n) is 4.06. The Morgan fingerprint density at radius 2 is 1.70 bits per heavy atom. The van der Waals surface area contributed by atoms with Crippen LogP contribution in [0.25, 0.3) is 22.6 Å². The lowest BCUT2D eigenvalue weighted by Crippen LogP contribution is -2.26. The number of carboxylic acid groups (broad SMARTS) is 1. The number of aromatic nitrogens is 1. The summed E-state index contributed by atoms with van der Waals surface area (Å²) in [5, 5.41) is 12.6. The molecule has 0 amide bonds. The van der Waals surface area contributed by atoms with Crippen LogP contribution in [0, 0.1) is 0 Å². The first-order chi connectivity index (χ1) is 14.6. The predicted octanol–water partition coefficient (Wildman–Crippen LogP) is 3.50. The molecule has 0 atom stereocenters. The first-order valence-electron chi connectivity index (χ1n) is 9.71. The molecule has 4 rings (SSSR count). The van der Waals surface area contributed by atoms with Crippen molar-refractivity contribution in [2.45, 2.75) is 19.3 Å². The third kappa shape index (κ3) is 3.34. The molecule has 0 fully saturated rings. The molecule has 0 radical (unpaired) electrons. The maximum Gasteiger partial charge on any atom is 0.164 e. The summed E-state index contributed by atoms with van der Waals surface area (Å²) < 4.78 is 16.3. The van der Waals surface area contributed by atoms with Crippen LogP contribution in [0.2, 0.25) is 0 Å². The van der Waals surface area contributed by atoms with E-state index in [9.17, 15) is 9.90 Å². The highest BCUT2D eigenvalue weighted by Gasteiger charge is 2.23. The number of aromatic carboxylic acids is 1. The van der Waals surface area contributed by atoms with Crippen LogP contribution in [0.5, 0.6) is 17.2 Å². The van der Waals surface area contributed by atoms with Crippen molar-refractivity contribution >= 4 is 28.5 Å². The van der Waals surface area contributed by atoms with E-state index in [0.29, 0.717) is 40.3 Å². The van der Waals surface area contributed by atoms with Gasteiger partial charge in [-0.15, -0.1) is 0 Å². The molecule has 154 valence electrons. The van der Waals surface area contributed by atoms with Gasteiger partial charge in [-0.1, -0.05) is 18.2 Å². The summed E-state index contributed by atoms with van der Waals surface area (Å²) in [6.07, 6.45) is 4.24. The summed E-state index contributed by atoms with van der Waals surface area (Å²) in [7, 11) is 4.75. The van der Waals surface area contributed by atoms with Crippen molar-refractivity contribution in [2.75, 3.05) is 21.3 Å². The number of hydrogen-bond acceptors (Lipinski definition) is 6. The number of pyridine rings is 1. The predicted molar refractivity (Wildman–Crippen MR) is 113 cm³/mol. The number of carbonyl (C=O) groups is 1. The average molecular weight is 404 g/mol. The fourth-order valence-corrected chi connectivity index (χ4v) is 4.06. The van der Waals surface area contributed by atoms with Crippen LogP contribution in [0.4, 0.5) is 0 Å². The number of fused-ring (bicyclic) bond motifs is 2. The molecule has 3 aromatic rings. The van der Waals surface area contributed by atoms with Gasteiger partial charge in [0, 0.05) is 22.6 Å². The molecular weight excluding hydrogens is 382 g/mol. The molecule has 1 heterocycles. The van der Waals surface area contributed by atoms with Gasteiger partial charge in [-0.3, -0.25) is 0 Å². The molecule has 0 saturated heterocycles. The van der Waals surface area contributed by atoms with Gasteiger partial charge in [0.05, 0.1) is 38.5 Å². The lowest BCUT2D eigenvalue weighted by atomic mass is 9.86. The van der Waals surface area contributed by atoms with Crippen LogP contribution in [0.3, 0.4) is 0 Å². The highest BCUT2D eigenvalue weighted by atomic mass is 16.5. The number of benzene rings is 2. The summed E-state index contributed by atoms with van der Waals surface area (Å²) >= 11 is 0. The molecule has 1 aliphatic carbocycles. The van der Waals surface area contributed by atoms with Crippen LogP contribution in [-0.4, -0.2) is 32.3 Å². The zero-order valence-corrected chi connectivity index (χ0v) is 17.2. The van der Waals surface area contributed by atoms with Crippen molar-refractivity contribution in [1.82, 2.24) is 4.98 Å². The van der Waals surface area contributed by atoms with E-state index >= 15 is 0 Å². The van der Waals surface area contributed by atoms with Gasteiger partial charge in [-0.05, 0) is 48.6 Å². The highest BCUT2D eigenvalue weighted by Crippen LogP contribution is 2.40. The Kier molecular flexibility index (Phi) is 5.31. The molecular formula is C24H22NO5-. The molecule has 0 bridgehead atoms. The number of carbonyl (C=O) groups excluding carboxylic acids is 1. The zero-order chi connectivity index (χ0) is 21.3. The first-order valence-corrected chi connectivity index (χ1v) is 9.71. The third-order valence-corrected chi connectivity index (χ3v) is 5.44. The standard InChI is InChI=1S/C24H23NO5/c1-28-19-13-21(30-3)20(29-2)12-15(19)11-14-7-6-9-17-22(24(26)27)16-8-4-5-10-18(16)25-23(14)17/h4-5,8,10-13H,6-7,9H2,1-3H3,(H,26,27)/p-1/b14-11+. The molecule has 6 heteroatoms. The van der Waals surface area contributed by atoms with Gasteiger partial charge >= 0.3 is 0 Å². The van der Waals surface area contributed by atoms with Crippen molar-refractivity contribution in [3.8, 4) is 17.2 Å². The SMILES string of the molecule is COc1cc(OC)c(OC)cc1/C=C1\CCCc2c1nc1ccccc1c2C(=O)[O-]. The van der Waals surface area contributed by atoms with Crippen molar-refractivity contribution in [3.63, 3.8) is 0 Å². The lowest BCUT2D eigenvalue weighted by molar-refractivity contribution is -0.254. The Balaban J connectivity index is 1.94. The van der Waals surface area contributed by atoms with Crippen LogP contribution in [0.1, 0.15) is 40.0 Å². The first kappa shape index (κ1) is 19.8. The van der Waals surface area contributed by atoms with E-state index in [0.717, 1.165) is 29.5 Å². The van der Waals surface area contributed by atoms with E-state index < -0.39 is 5.97 Å². The van der Waals surface area contributed by atoms with Crippen LogP contribution in [0.15, 0.2) is 36.4 Å². The lowest BCUT2D eigenvalue weighted by Gasteiger charge is -2.24. The molecule has 6 nitrogen and oxygen atoms in total. The Morgan fingerprint density at radius 1 is 1.00 bits per heavy atom. The van der Waals surface area contributed by atoms with Crippen LogP contribution in [-0.2, 0) is 6.42 Å². The minimum Gasteiger partial charge on any atom is -0.545 e. The normalized spacial score (nSPS) is 14.4. The minimum atomic E-state index is -1.17. The molecule has 0 N–H and O–H groups in total. The monoisotopic (exact) mass is 404 g/mol. The molecule has 0 saturated carbocycles. The molecule has 0 spiro atoms. The number of methoxy groups -OCH3 is 3. The van der Waals surface area contributed by atoms with Gasteiger partial charge < -0.3 is 24.1 Å². The van der Waals surface area contributed by atoms with E-state index in [2.05, 4.69) is 0 Å². The quantitative estimate of drug-likeness (QED) is 0.647. The van der Waals surface area contributed by atoms with Gasteiger partial charge in [0.15, 0.2) is 11.5 Å². The zero-order valence-electron chi connectivity index (χ0n) is 17.2. The van der Waals surface area contributed by atoms with E-state index in [1.165, 1.54) is 0 Å². The number of hydrogen-bond donors (Lipinski definition) is 0. The molecule has 1 aromatic heterocycles. The van der Waals surface area contributed by atoms with E-state index in [1.54, 1.807) is 33.5 Å². The largest absolute Gasteiger partial charge is 0.545 e. The van der Waals surface area contributed by atoms with Gasteiger partial charge in [0.25, 0.3) is 0 Å². The van der Waals surface area contributed by atoms with Crippen molar-refractivity contribution in [2.24, 2.45) is 0 Å². The number of rotatable bonds is 5. The Labute approximate surface area is 174 Å². The van der Waals surface area contributed by atoms with Gasteiger partial charge in [-0.2, -0.15) is 0 Å². The van der Waals surface area contributed by atoms with Crippen LogP contribution >= 0.6 is 0 Å². The number of allylic oxidation sites excluding steroid dienone is 1. The smallest absolute Gasteiger partial charge is 0.164 e. The maximum absolute atomic E-state index is 12.0. The Bertz CT molecular complexity index is 1170. The minimum absolute atomic E-state index is 0.237. The third-order valence-electron chi connectivity index (χ3n) is 5.44. The van der Waals surface area contributed by atoms with E-state index in [1.807, 2.05) is 30.3 Å². The Morgan fingerprint density at radius 3 is 2.40 bits per heavy atom. The molecule has 30 heavy (non-hydrogen) atoms. The van der Waals surface area contributed by atoms with E-state index in [-0.39, 0.29) is 5.56 Å². The summed E-state index contributed by atoms with van der Waals surface area (Å²) in [6, 6.07) is 10.9. The second-order valence-corrected chi connectivity index (χ2v) is 7.09. The van der Waals surface area contributed by atoms with Crippen molar-refractivity contribution in [1.29, 1.82) is 0 Å². The van der Waals surface area contributed by atoms with Gasteiger partial charge in [0.1, 0.15) is 5.75 Å². The second-order valence-electron chi connectivity index (χ2n) is 7.09. The molecule has 2 aromatic carbocycles. The second kappa shape index (κ2) is 8.06. The average Bonchev–Trinajstić information content (AvgIpc) is 2.77. The Hall–Kier alpha value is -3.54. The summed E-state index contributed by atoms with van der Waals surface area (Å²) in [6.45, 7) is 0. The fraction of sp³-hybridized carbons (Fsp3) is 0.250. The van der Waals surface area contributed by atoms with Gasteiger partial charge in [0.2, 0.25) is 0 Å². The number of para-hydroxylation sites is 1. The number of carboxylic acids is 1. The summed E-state index contributed by atoms with van der Waals surface area (Å²) in [4.78, 5) is 16.8.